The Balaban J connectivity index is 1.74. The van der Waals surface area contributed by atoms with E-state index in [2.05, 4.69) is 48.2 Å². The SMILES string of the molecule is Cc1cc(C)c(CCNC(=O)c2ccc3c(=O)[nH]c(=S)[nH]c3c2)c(C)c1. The smallest absolute Gasteiger partial charge is 0.259 e. The minimum atomic E-state index is -0.263. The van der Waals surface area contributed by atoms with Gasteiger partial charge in [-0.1, -0.05) is 17.7 Å². The van der Waals surface area contributed by atoms with Crippen molar-refractivity contribution in [1.82, 2.24) is 15.3 Å². The van der Waals surface area contributed by atoms with Gasteiger partial charge in [0.1, 0.15) is 0 Å². The number of fused-ring (bicyclic) bond motifs is 1. The molecule has 2 aromatic carbocycles. The van der Waals surface area contributed by atoms with Crippen LogP contribution in [-0.4, -0.2) is 22.4 Å². The Labute approximate surface area is 156 Å². The molecule has 1 aromatic heterocycles. The van der Waals surface area contributed by atoms with E-state index in [4.69, 9.17) is 12.2 Å². The number of benzene rings is 2. The van der Waals surface area contributed by atoms with Crippen LogP contribution in [0, 0.1) is 25.5 Å². The number of H-pyrrole nitrogens is 2. The molecule has 6 heteroatoms. The maximum absolute atomic E-state index is 12.4. The van der Waals surface area contributed by atoms with Crippen molar-refractivity contribution in [3.8, 4) is 0 Å². The van der Waals surface area contributed by atoms with Crippen molar-refractivity contribution in [2.24, 2.45) is 0 Å². The third kappa shape index (κ3) is 3.75. The molecule has 0 radical (unpaired) electrons. The number of hydrogen-bond donors (Lipinski definition) is 3. The van der Waals surface area contributed by atoms with Gasteiger partial charge in [0.2, 0.25) is 0 Å². The predicted molar refractivity (Wildman–Crippen MR) is 106 cm³/mol. The molecular formula is C20H21N3O2S. The molecule has 3 N–H and O–H groups in total. The molecule has 0 bridgehead atoms. The number of carbonyl (C=O) groups is 1. The first-order valence-corrected chi connectivity index (χ1v) is 8.87. The molecule has 0 atom stereocenters. The van der Waals surface area contributed by atoms with Crippen LogP contribution in [0.4, 0.5) is 0 Å². The highest BCUT2D eigenvalue weighted by atomic mass is 32.1. The molecule has 1 amide bonds. The fourth-order valence-electron chi connectivity index (χ4n) is 3.32. The maximum atomic E-state index is 12.4. The molecule has 0 spiro atoms. The molecule has 0 aliphatic heterocycles. The standard InChI is InChI=1S/C20H21N3O2S/c1-11-8-12(2)15(13(3)9-11)6-7-21-18(24)14-4-5-16-17(10-14)22-20(26)23-19(16)25/h4-5,8-10H,6-7H2,1-3H3,(H,21,24)(H2,22,23,25,26). The van der Waals surface area contributed by atoms with Gasteiger partial charge in [0.25, 0.3) is 11.5 Å². The summed E-state index contributed by atoms with van der Waals surface area (Å²) in [4.78, 5) is 29.7. The number of hydrogen-bond acceptors (Lipinski definition) is 3. The number of aromatic nitrogens is 2. The predicted octanol–water partition coefficient (Wildman–Crippen LogP) is 3.48. The van der Waals surface area contributed by atoms with Crippen LogP contribution in [0.1, 0.15) is 32.6 Å². The maximum Gasteiger partial charge on any atom is 0.259 e. The van der Waals surface area contributed by atoms with E-state index in [0.29, 0.717) is 23.0 Å². The minimum Gasteiger partial charge on any atom is -0.352 e. The molecule has 134 valence electrons. The fraction of sp³-hybridized carbons (Fsp3) is 0.250. The molecule has 0 saturated heterocycles. The van der Waals surface area contributed by atoms with E-state index in [1.165, 1.54) is 22.3 Å². The summed E-state index contributed by atoms with van der Waals surface area (Å²) in [6.07, 6.45) is 0.777. The highest BCUT2D eigenvalue weighted by Gasteiger charge is 2.09. The lowest BCUT2D eigenvalue weighted by atomic mass is 9.97. The molecule has 0 fully saturated rings. The van der Waals surface area contributed by atoms with Crippen LogP contribution in [0.5, 0.6) is 0 Å². The van der Waals surface area contributed by atoms with Crippen molar-refractivity contribution in [2.45, 2.75) is 27.2 Å². The van der Waals surface area contributed by atoms with Crippen LogP contribution < -0.4 is 10.9 Å². The minimum absolute atomic E-state index is 0.172. The highest BCUT2D eigenvalue weighted by molar-refractivity contribution is 7.71. The fourth-order valence-corrected chi connectivity index (χ4v) is 3.52. The zero-order valence-electron chi connectivity index (χ0n) is 15.0. The van der Waals surface area contributed by atoms with Crippen molar-refractivity contribution in [3.63, 3.8) is 0 Å². The molecule has 1 heterocycles. The van der Waals surface area contributed by atoms with Gasteiger partial charge in [-0.2, -0.15) is 0 Å². The van der Waals surface area contributed by atoms with Crippen LogP contribution in [0.3, 0.4) is 0 Å². The van der Waals surface area contributed by atoms with Crippen molar-refractivity contribution >= 4 is 29.0 Å². The summed E-state index contributed by atoms with van der Waals surface area (Å²) in [7, 11) is 0. The van der Waals surface area contributed by atoms with E-state index in [1.807, 2.05) is 0 Å². The zero-order chi connectivity index (χ0) is 18.8. The first-order chi connectivity index (χ1) is 12.3. The third-order valence-electron chi connectivity index (χ3n) is 4.50. The van der Waals surface area contributed by atoms with Crippen LogP contribution in [0.2, 0.25) is 0 Å². The molecule has 0 saturated carbocycles. The summed E-state index contributed by atoms with van der Waals surface area (Å²) >= 11 is 4.98. The van der Waals surface area contributed by atoms with E-state index in [9.17, 15) is 9.59 Å². The first kappa shape index (κ1) is 18.1. The van der Waals surface area contributed by atoms with Crippen LogP contribution >= 0.6 is 12.2 Å². The van der Waals surface area contributed by atoms with Gasteiger partial charge in [-0.15, -0.1) is 0 Å². The van der Waals surface area contributed by atoms with Gasteiger partial charge in [0.05, 0.1) is 10.9 Å². The topological polar surface area (TPSA) is 77.8 Å². The average molecular weight is 367 g/mol. The normalized spacial score (nSPS) is 10.9. The molecule has 3 aromatic rings. The summed E-state index contributed by atoms with van der Waals surface area (Å²) in [5.41, 5.74) is 5.79. The van der Waals surface area contributed by atoms with E-state index in [0.717, 1.165) is 6.42 Å². The Bertz CT molecular complexity index is 1090. The number of rotatable bonds is 4. The van der Waals surface area contributed by atoms with Gasteiger partial charge in [-0.3, -0.25) is 14.6 Å². The summed E-state index contributed by atoms with van der Waals surface area (Å²) in [6.45, 7) is 6.83. The van der Waals surface area contributed by atoms with Gasteiger partial charge < -0.3 is 10.3 Å². The number of amides is 1. The van der Waals surface area contributed by atoms with Crippen molar-refractivity contribution in [3.05, 3.63) is 73.3 Å². The molecule has 0 unspecified atom stereocenters. The van der Waals surface area contributed by atoms with Crippen LogP contribution in [-0.2, 0) is 6.42 Å². The highest BCUT2D eigenvalue weighted by Crippen LogP contribution is 2.16. The number of carbonyl (C=O) groups excluding carboxylic acids is 1. The largest absolute Gasteiger partial charge is 0.352 e. The van der Waals surface area contributed by atoms with Gasteiger partial charge in [0.15, 0.2) is 4.77 Å². The number of aryl methyl sites for hydroxylation is 3. The summed E-state index contributed by atoms with van der Waals surface area (Å²) in [6, 6.07) is 9.24. The number of nitrogens with one attached hydrogen (secondary N) is 3. The van der Waals surface area contributed by atoms with Gasteiger partial charge in [-0.25, -0.2) is 0 Å². The Morgan fingerprint density at radius 3 is 2.46 bits per heavy atom. The van der Waals surface area contributed by atoms with Crippen molar-refractivity contribution in [1.29, 1.82) is 0 Å². The lowest BCUT2D eigenvalue weighted by Gasteiger charge is -2.12. The van der Waals surface area contributed by atoms with E-state index in [1.54, 1.807) is 18.2 Å². The molecule has 0 aliphatic carbocycles. The second kappa shape index (κ2) is 7.25. The summed E-state index contributed by atoms with van der Waals surface area (Å²) in [5, 5.41) is 3.42. The quantitative estimate of drug-likeness (QED) is 0.618. The van der Waals surface area contributed by atoms with E-state index >= 15 is 0 Å². The lowest BCUT2D eigenvalue weighted by Crippen LogP contribution is -2.26. The van der Waals surface area contributed by atoms with Crippen molar-refractivity contribution < 1.29 is 4.79 Å². The third-order valence-corrected chi connectivity index (χ3v) is 4.71. The summed E-state index contributed by atoms with van der Waals surface area (Å²) in [5.74, 6) is -0.172. The molecule has 0 aliphatic rings. The zero-order valence-corrected chi connectivity index (χ0v) is 15.8. The number of aromatic amines is 2. The van der Waals surface area contributed by atoms with Crippen LogP contribution in [0.15, 0.2) is 35.1 Å². The Hall–Kier alpha value is -2.73. The molecule has 3 rings (SSSR count). The monoisotopic (exact) mass is 367 g/mol. The van der Waals surface area contributed by atoms with Crippen LogP contribution in [0.25, 0.3) is 10.9 Å². The van der Waals surface area contributed by atoms with E-state index < -0.39 is 0 Å². The Morgan fingerprint density at radius 2 is 1.77 bits per heavy atom. The van der Waals surface area contributed by atoms with Gasteiger partial charge in [0, 0.05) is 12.1 Å². The second-order valence-electron chi connectivity index (χ2n) is 6.55. The van der Waals surface area contributed by atoms with Crippen molar-refractivity contribution in [2.75, 3.05) is 6.54 Å². The van der Waals surface area contributed by atoms with E-state index in [-0.39, 0.29) is 16.2 Å². The lowest BCUT2D eigenvalue weighted by molar-refractivity contribution is 0.0954. The first-order valence-electron chi connectivity index (χ1n) is 8.46. The molecule has 26 heavy (non-hydrogen) atoms. The van der Waals surface area contributed by atoms with Gasteiger partial charge >= 0.3 is 0 Å². The Morgan fingerprint density at radius 1 is 1.08 bits per heavy atom. The van der Waals surface area contributed by atoms with Gasteiger partial charge in [-0.05, 0) is 74.3 Å². The second-order valence-corrected chi connectivity index (χ2v) is 6.96. The average Bonchev–Trinajstić information content (AvgIpc) is 2.56. The Kier molecular flexibility index (Phi) is 5.04. The summed E-state index contributed by atoms with van der Waals surface area (Å²) < 4.78 is 0.241. The molecular weight excluding hydrogens is 346 g/mol. The molecule has 5 nitrogen and oxygen atoms in total.